The van der Waals surface area contributed by atoms with E-state index in [0.29, 0.717) is 25.5 Å². The van der Waals surface area contributed by atoms with Crippen molar-refractivity contribution < 1.29 is 14.3 Å². The first-order valence-corrected chi connectivity index (χ1v) is 7.48. The van der Waals surface area contributed by atoms with Gasteiger partial charge >= 0.3 is 0 Å². The lowest BCUT2D eigenvalue weighted by Gasteiger charge is -2.31. The lowest BCUT2D eigenvalue weighted by atomic mass is 10.1. The highest BCUT2D eigenvalue weighted by atomic mass is 16.5. The molecule has 1 aliphatic heterocycles. The Labute approximate surface area is 130 Å². The van der Waals surface area contributed by atoms with E-state index in [1.54, 1.807) is 6.20 Å². The summed E-state index contributed by atoms with van der Waals surface area (Å²) in [5.74, 6) is -0.251. The molecule has 1 aromatic heterocycles. The van der Waals surface area contributed by atoms with Gasteiger partial charge in [0.25, 0.3) is 5.91 Å². The number of hydrogen-bond donors (Lipinski definition) is 1. The van der Waals surface area contributed by atoms with Gasteiger partial charge in [-0.2, -0.15) is 0 Å². The van der Waals surface area contributed by atoms with Gasteiger partial charge in [0.05, 0.1) is 37.3 Å². The maximum Gasteiger partial charge on any atom is 0.271 e. The number of carbonyl (C=O) groups excluding carboxylic acids is 1. The van der Waals surface area contributed by atoms with Gasteiger partial charge in [-0.3, -0.25) is 9.78 Å². The van der Waals surface area contributed by atoms with Crippen LogP contribution in [0.25, 0.3) is 0 Å². The third kappa shape index (κ3) is 4.89. The first-order chi connectivity index (χ1) is 10.6. The van der Waals surface area contributed by atoms with E-state index in [1.807, 2.05) is 26.8 Å². The number of nitrogens with zero attached hydrogens (tertiary/aromatic N) is 2. The highest BCUT2D eigenvalue weighted by Crippen LogP contribution is 2.13. The molecule has 2 atom stereocenters. The van der Waals surface area contributed by atoms with Crippen molar-refractivity contribution >= 4 is 5.91 Å². The minimum Gasteiger partial charge on any atom is -0.379 e. The molecule has 1 fully saturated rings. The SMILES string of the molecule is CC(C)=CCO[C@@H]1CCOC[C@@H]1NC(=O)c1cnc(C)cn1. The van der Waals surface area contributed by atoms with E-state index in [2.05, 4.69) is 15.3 Å². The molecule has 6 nitrogen and oxygen atoms in total. The van der Waals surface area contributed by atoms with Crippen LogP contribution in [0.15, 0.2) is 24.0 Å². The van der Waals surface area contributed by atoms with Crippen molar-refractivity contribution in [2.24, 2.45) is 0 Å². The van der Waals surface area contributed by atoms with Crippen LogP contribution in [0.2, 0.25) is 0 Å². The first-order valence-electron chi connectivity index (χ1n) is 7.48. The third-order valence-corrected chi connectivity index (χ3v) is 3.42. The van der Waals surface area contributed by atoms with Crippen LogP contribution in [0.3, 0.4) is 0 Å². The van der Waals surface area contributed by atoms with Crippen LogP contribution >= 0.6 is 0 Å². The molecule has 22 heavy (non-hydrogen) atoms. The molecule has 1 amide bonds. The number of carbonyl (C=O) groups is 1. The Kier molecular flexibility index (Phi) is 6.03. The Bertz CT molecular complexity index is 524. The van der Waals surface area contributed by atoms with Gasteiger partial charge in [-0.1, -0.05) is 11.6 Å². The van der Waals surface area contributed by atoms with Gasteiger partial charge in [0.1, 0.15) is 5.69 Å². The zero-order valence-electron chi connectivity index (χ0n) is 13.3. The van der Waals surface area contributed by atoms with E-state index in [9.17, 15) is 4.79 Å². The quantitative estimate of drug-likeness (QED) is 0.837. The maximum atomic E-state index is 12.2. The molecule has 1 N–H and O–H groups in total. The van der Waals surface area contributed by atoms with Gasteiger partial charge in [-0.05, 0) is 27.2 Å². The lowest BCUT2D eigenvalue weighted by Crippen LogP contribution is -2.50. The zero-order chi connectivity index (χ0) is 15.9. The standard InChI is InChI=1S/C16H23N3O3/c1-11(2)4-7-22-15-5-6-21-10-14(15)19-16(20)13-9-17-12(3)8-18-13/h4,8-9,14-15H,5-7,10H2,1-3H3,(H,19,20)/t14-,15+/m0/s1. The summed E-state index contributed by atoms with van der Waals surface area (Å²) in [6.45, 7) is 7.53. The number of aromatic nitrogens is 2. The topological polar surface area (TPSA) is 73.3 Å². The molecule has 2 heterocycles. The summed E-state index contributed by atoms with van der Waals surface area (Å²) in [4.78, 5) is 20.4. The van der Waals surface area contributed by atoms with Crippen LogP contribution < -0.4 is 5.32 Å². The van der Waals surface area contributed by atoms with Gasteiger partial charge < -0.3 is 14.8 Å². The molecule has 1 aliphatic rings. The van der Waals surface area contributed by atoms with E-state index in [0.717, 1.165) is 12.1 Å². The van der Waals surface area contributed by atoms with Crippen LogP contribution in [0, 0.1) is 6.92 Å². The van der Waals surface area contributed by atoms with Crippen molar-refractivity contribution in [3.8, 4) is 0 Å². The Hall–Kier alpha value is -1.79. The predicted octanol–water partition coefficient (Wildman–Crippen LogP) is 1.66. The molecule has 0 unspecified atom stereocenters. The van der Waals surface area contributed by atoms with Gasteiger partial charge in [-0.25, -0.2) is 4.98 Å². The number of allylic oxidation sites excluding steroid dienone is 1. The summed E-state index contributed by atoms with van der Waals surface area (Å²) in [7, 11) is 0. The minimum absolute atomic E-state index is 0.0493. The Morgan fingerprint density at radius 1 is 1.45 bits per heavy atom. The van der Waals surface area contributed by atoms with Crippen molar-refractivity contribution in [2.45, 2.75) is 39.3 Å². The summed E-state index contributed by atoms with van der Waals surface area (Å²) < 4.78 is 11.3. The Balaban J connectivity index is 1.94. The largest absolute Gasteiger partial charge is 0.379 e. The lowest BCUT2D eigenvalue weighted by molar-refractivity contribution is -0.0457. The van der Waals surface area contributed by atoms with Crippen LogP contribution in [0.4, 0.5) is 0 Å². The normalized spacial score (nSPS) is 21.2. The summed E-state index contributed by atoms with van der Waals surface area (Å²) in [5.41, 5.74) is 2.29. The van der Waals surface area contributed by atoms with Crippen molar-refractivity contribution in [3.63, 3.8) is 0 Å². The number of hydrogen-bond acceptors (Lipinski definition) is 5. The molecule has 0 saturated carbocycles. The molecule has 0 radical (unpaired) electrons. The first kappa shape index (κ1) is 16.6. The smallest absolute Gasteiger partial charge is 0.271 e. The van der Waals surface area contributed by atoms with Gasteiger partial charge in [0, 0.05) is 12.8 Å². The molecule has 1 aromatic rings. The fourth-order valence-corrected chi connectivity index (χ4v) is 2.14. The Morgan fingerprint density at radius 3 is 2.95 bits per heavy atom. The number of amides is 1. The van der Waals surface area contributed by atoms with Gasteiger partial charge in [0.2, 0.25) is 0 Å². The maximum absolute atomic E-state index is 12.2. The predicted molar refractivity (Wildman–Crippen MR) is 82.6 cm³/mol. The fraction of sp³-hybridized carbons (Fsp3) is 0.562. The van der Waals surface area contributed by atoms with E-state index >= 15 is 0 Å². The summed E-state index contributed by atoms with van der Waals surface area (Å²) in [6.07, 6.45) is 5.80. The van der Waals surface area contributed by atoms with Crippen molar-refractivity contribution in [1.29, 1.82) is 0 Å². The third-order valence-electron chi connectivity index (χ3n) is 3.42. The molecule has 1 saturated heterocycles. The molecular weight excluding hydrogens is 282 g/mol. The van der Waals surface area contributed by atoms with Crippen LogP contribution in [0.1, 0.15) is 36.5 Å². The second-order valence-electron chi connectivity index (χ2n) is 5.64. The van der Waals surface area contributed by atoms with Crippen LogP contribution in [0.5, 0.6) is 0 Å². The van der Waals surface area contributed by atoms with Crippen LogP contribution in [-0.4, -0.2) is 47.8 Å². The van der Waals surface area contributed by atoms with Gasteiger partial charge in [0.15, 0.2) is 0 Å². The zero-order valence-corrected chi connectivity index (χ0v) is 13.3. The highest BCUT2D eigenvalue weighted by molar-refractivity contribution is 5.92. The molecule has 6 heteroatoms. The van der Waals surface area contributed by atoms with E-state index in [4.69, 9.17) is 9.47 Å². The van der Waals surface area contributed by atoms with Crippen LogP contribution in [-0.2, 0) is 9.47 Å². The summed E-state index contributed by atoms with van der Waals surface area (Å²) in [5, 5.41) is 2.93. The average molecular weight is 305 g/mol. The summed E-state index contributed by atoms with van der Waals surface area (Å²) >= 11 is 0. The van der Waals surface area contributed by atoms with E-state index in [1.165, 1.54) is 11.8 Å². The van der Waals surface area contributed by atoms with E-state index < -0.39 is 0 Å². The number of nitrogens with one attached hydrogen (secondary N) is 1. The molecule has 0 aromatic carbocycles. The average Bonchev–Trinajstić information content (AvgIpc) is 2.49. The molecule has 120 valence electrons. The summed E-state index contributed by atoms with van der Waals surface area (Å²) in [6, 6.07) is -0.171. The number of ether oxygens (including phenoxy) is 2. The minimum atomic E-state index is -0.251. The van der Waals surface area contributed by atoms with Gasteiger partial charge in [-0.15, -0.1) is 0 Å². The fourth-order valence-electron chi connectivity index (χ4n) is 2.14. The molecule has 0 aliphatic carbocycles. The van der Waals surface area contributed by atoms with Crippen molar-refractivity contribution in [3.05, 3.63) is 35.4 Å². The molecule has 2 rings (SSSR count). The second kappa shape index (κ2) is 8.00. The monoisotopic (exact) mass is 305 g/mol. The molecule has 0 bridgehead atoms. The number of rotatable bonds is 5. The Morgan fingerprint density at radius 2 is 2.27 bits per heavy atom. The second-order valence-corrected chi connectivity index (χ2v) is 5.64. The highest BCUT2D eigenvalue weighted by Gasteiger charge is 2.28. The van der Waals surface area contributed by atoms with E-state index in [-0.39, 0.29) is 18.1 Å². The van der Waals surface area contributed by atoms with Crippen molar-refractivity contribution in [1.82, 2.24) is 15.3 Å². The molecule has 0 spiro atoms. The van der Waals surface area contributed by atoms with Crippen molar-refractivity contribution in [2.75, 3.05) is 19.8 Å². The molecular formula is C16H23N3O3. The number of aryl methyl sites for hydroxylation is 1.